The maximum Gasteiger partial charge on any atom is 0.187 e. The molecule has 4 heteroatoms. The number of hydrogen-bond donors (Lipinski definition) is 1. The van der Waals surface area contributed by atoms with E-state index in [0.29, 0.717) is 12.2 Å². The number of hydrogen-bond acceptors (Lipinski definition) is 3. The molecule has 1 aromatic carbocycles. The third kappa shape index (κ3) is 3.34. The fourth-order valence-corrected chi connectivity index (χ4v) is 1.14. The van der Waals surface area contributed by atoms with E-state index in [4.69, 9.17) is 0 Å². The summed E-state index contributed by atoms with van der Waals surface area (Å²) in [5.41, 5.74) is 0. The summed E-state index contributed by atoms with van der Waals surface area (Å²) in [6.07, 6.45) is 2.87. The van der Waals surface area contributed by atoms with Crippen molar-refractivity contribution >= 4 is 18.0 Å². The van der Waals surface area contributed by atoms with E-state index in [1.165, 1.54) is 6.08 Å². The smallest absolute Gasteiger partial charge is 0.187 e. The SMILES string of the molecule is CCC(O)=c1ccc(=CC=[N+]([O-])[O-])cc1. The molecule has 0 aliphatic rings. The van der Waals surface area contributed by atoms with E-state index < -0.39 is 4.90 Å². The predicted octanol–water partition coefficient (Wildman–Crippen LogP) is 0.622. The molecule has 0 saturated heterocycles. The number of nitrogens with zero attached hydrogens (tertiary/aromatic N) is 1. The van der Waals surface area contributed by atoms with E-state index in [-0.39, 0.29) is 0 Å². The van der Waals surface area contributed by atoms with Gasteiger partial charge in [0.2, 0.25) is 0 Å². The normalized spacial score (nSPS) is 9.40. The van der Waals surface area contributed by atoms with Crippen LogP contribution in [0.15, 0.2) is 24.3 Å². The van der Waals surface area contributed by atoms with Gasteiger partial charge in [0.25, 0.3) is 0 Å². The molecule has 80 valence electrons. The van der Waals surface area contributed by atoms with Crippen LogP contribution in [0.1, 0.15) is 13.3 Å². The lowest BCUT2D eigenvalue weighted by Crippen LogP contribution is -2.10. The van der Waals surface area contributed by atoms with Gasteiger partial charge in [-0.2, -0.15) is 4.90 Å². The molecule has 0 fully saturated rings. The maximum absolute atomic E-state index is 10.1. The van der Waals surface area contributed by atoms with Gasteiger partial charge in [0.1, 0.15) is 0 Å². The highest BCUT2D eigenvalue weighted by molar-refractivity contribution is 5.87. The molecule has 0 aliphatic carbocycles. The molecule has 15 heavy (non-hydrogen) atoms. The van der Waals surface area contributed by atoms with E-state index >= 15 is 0 Å². The van der Waals surface area contributed by atoms with Crippen molar-refractivity contribution in [3.63, 3.8) is 0 Å². The number of benzene rings is 1. The van der Waals surface area contributed by atoms with Gasteiger partial charge < -0.3 is 15.5 Å². The summed E-state index contributed by atoms with van der Waals surface area (Å²) in [4.78, 5) is -0.510. The van der Waals surface area contributed by atoms with Gasteiger partial charge in [-0.05, 0) is 5.22 Å². The summed E-state index contributed by atoms with van der Waals surface area (Å²) in [5, 5.41) is 31.0. The number of aliphatic hydroxyl groups excluding tert-OH is 1. The molecular formula is C11H12NO3-. The molecule has 1 rings (SSSR count). The monoisotopic (exact) mass is 206 g/mol. The van der Waals surface area contributed by atoms with E-state index in [1.807, 2.05) is 6.92 Å². The van der Waals surface area contributed by atoms with Gasteiger partial charge in [-0.15, -0.1) is 0 Å². The van der Waals surface area contributed by atoms with Crippen LogP contribution in [0.2, 0.25) is 0 Å². The minimum atomic E-state index is -0.510. The lowest BCUT2D eigenvalue weighted by atomic mass is 10.2. The maximum atomic E-state index is 10.1. The Morgan fingerprint density at radius 2 is 1.93 bits per heavy atom. The summed E-state index contributed by atoms with van der Waals surface area (Å²) in [6, 6.07) is 6.92. The first-order valence-electron chi connectivity index (χ1n) is 4.60. The van der Waals surface area contributed by atoms with Gasteiger partial charge in [-0.25, -0.2) is 0 Å². The molecule has 0 heterocycles. The summed E-state index contributed by atoms with van der Waals surface area (Å²) in [6.45, 7) is 1.86. The molecule has 1 aromatic rings. The zero-order valence-electron chi connectivity index (χ0n) is 8.38. The van der Waals surface area contributed by atoms with Crippen LogP contribution in [0.4, 0.5) is 0 Å². The first-order chi connectivity index (χ1) is 7.13. The van der Waals surface area contributed by atoms with Crippen molar-refractivity contribution in [2.45, 2.75) is 13.3 Å². The van der Waals surface area contributed by atoms with Crippen LogP contribution in [0.3, 0.4) is 0 Å². The quantitative estimate of drug-likeness (QED) is 0.438. The van der Waals surface area contributed by atoms with Crippen LogP contribution in [0.5, 0.6) is 0 Å². The third-order valence-electron chi connectivity index (χ3n) is 1.97. The average Bonchev–Trinajstić information content (AvgIpc) is 2.26. The van der Waals surface area contributed by atoms with Gasteiger partial charge in [0, 0.05) is 17.7 Å². The molecule has 0 bridgehead atoms. The Balaban J connectivity index is 3.11. The van der Waals surface area contributed by atoms with Crippen LogP contribution in [-0.2, 0) is 0 Å². The minimum Gasteiger partial charge on any atom is -0.612 e. The van der Waals surface area contributed by atoms with Crippen molar-refractivity contribution in [2.75, 3.05) is 0 Å². The van der Waals surface area contributed by atoms with Crippen LogP contribution in [-0.4, -0.2) is 16.2 Å². The van der Waals surface area contributed by atoms with Gasteiger partial charge >= 0.3 is 0 Å². The molecule has 0 amide bonds. The Hall–Kier alpha value is -1.97. The zero-order chi connectivity index (χ0) is 11.3. The van der Waals surface area contributed by atoms with Crippen LogP contribution >= 0.6 is 0 Å². The molecule has 0 unspecified atom stereocenters. The lowest BCUT2D eigenvalue weighted by Gasteiger charge is -1.98. The highest BCUT2D eigenvalue weighted by atomic mass is 16.8. The molecule has 0 atom stereocenters. The molecule has 0 aromatic heterocycles. The van der Waals surface area contributed by atoms with Crippen molar-refractivity contribution in [1.29, 1.82) is 0 Å². The summed E-state index contributed by atoms with van der Waals surface area (Å²) >= 11 is 0. The summed E-state index contributed by atoms with van der Waals surface area (Å²) in [7, 11) is 0. The predicted molar refractivity (Wildman–Crippen MR) is 59.5 cm³/mol. The van der Waals surface area contributed by atoms with Crippen LogP contribution in [0.25, 0.3) is 11.8 Å². The molecular weight excluding hydrogens is 194 g/mol. The van der Waals surface area contributed by atoms with Gasteiger partial charge in [-0.3, -0.25) is 0 Å². The number of rotatable bonds is 2. The molecule has 0 spiro atoms. The van der Waals surface area contributed by atoms with E-state index in [1.54, 1.807) is 24.3 Å². The third-order valence-corrected chi connectivity index (χ3v) is 1.97. The largest absolute Gasteiger partial charge is 0.612 e. The highest BCUT2D eigenvalue weighted by Gasteiger charge is 1.88. The first kappa shape index (κ1) is 11.1. The van der Waals surface area contributed by atoms with Crippen molar-refractivity contribution < 1.29 is 10.0 Å². The molecule has 0 aliphatic heterocycles. The van der Waals surface area contributed by atoms with E-state index in [2.05, 4.69) is 0 Å². The summed E-state index contributed by atoms with van der Waals surface area (Å²) < 4.78 is 0. The van der Waals surface area contributed by atoms with Gasteiger partial charge in [0.15, 0.2) is 6.21 Å². The zero-order valence-corrected chi connectivity index (χ0v) is 8.38. The molecule has 0 saturated carbocycles. The van der Waals surface area contributed by atoms with Gasteiger partial charge in [-0.1, -0.05) is 31.2 Å². The highest BCUT2D eigenvalue weighted by Crippen LogP contribution is 1.90. The Labute approximate surface area is 87.3 Å². The Morgan fingerprint density at radius 3 is 2.40 bits per heavy atom. The molecule has 1 N–H and O–H groups in total. The lowest BCUT2D eigenvalue weighted by molar-refractivity contribution is -0.371. The fraction of sp³-hybridized carbons (Fsp3) is 0.182. The van der Waals surface area contributed by atoms with Crippen LogP contribution in [0, 0.1) is 10.4 Å². The van der Waals surface area contributed by atoms with Crippen molar-refractivity contribution in [1.82, 2.24) is 0 Å². The van der Waals surface area contributed by atoms with Crippen molar-refractivity contribution in [3.8, 4) is 0 Å². The second-order valence-electron chi connectivity index (χ2n) is 3.02. The Morgan fingerprint density at radius 1 is 1.33 bits per heavy atom. The van der Waals surface area contributed by atoms with E-state index in [9.17, 15) is 15.5 Å². The van der Waals surface area contributed by atoms with E-state index in [0.717, 1.165) is 16.7 Å². The Kier molecular flexibility index (Phi) is 3.74. The second-order valence-corrected chi connectivity index (χ2v) is 3.02. The van der Waals surface area contributed by atoms with Crippen LogP contribution < -0.4 is 10.4 Å². The topological polar surface area (TPSA) is 69.4 Å². The second kappa shape index (κ2) is 5.05. The Bertz CT molecular complexity index is 450. The fourth-order valence-electron chi connectivity index (χ4n) is 1.14. The number of aliphatic hydroxyl groups is 1. The summed E-state index contributed by atoms with van der Waals surface area (Å²) in [5.74, 6) is 0.319. The van der Waals surface area contributed by atoms with Crippen molar-refractivity contribution in [3.05, 3.63) is 45.1 Å². The molecule has 0 radical (unpaired) electrons. The standard InChI is InChI=1S/C11H12NO3/c1-2-11(13)10-5-3-9(4-6-10)7-8-12(14)15/h3-8H,2H2,1H3,(H-,13,14,15)/q-1. The minimum absolute atomic E-state index is 0.319. The van der Waals surface area contributed by atoms with Crippen molar-refractivity contribution in [2.24, 2.45) is 0 Å². The first-order valence-corrected chi connectivity index (χ1v) is 4.60. The van der Waals surface area contributed by atoms with Gasteiger partial charge in [0.05, 0.1) is 5.76 Å². The average molecular weight is 206 g/mol. The molecule has 4 nitrogen and oxygen atoms in total.